The first-order valence-corrected chi connectivity index (χ1v) is 6.77. The molecule has 1 atom stereocenters. The summed E-state index contributed by atoms with van der Waals surface area (Å²) in [6.45, 7) is 2.50. The van der Waals surface area contributed by atoms with E-state index in [9.17, 15) is 8.78 Å². The lowest BCUT2D eigenvalue weighted by molar-refractivity contribution is 0.340. The molecule has 3 N–H and O–H groups in total. The fraction of sp³-hybridized carbons (Fsp3) is 0.250. The van der Waals surface area contributed by atoms with Gasteiger partial charge in [-0.05, 0) is 54.8 Å². The summed E-state index contributed by atoms with van der Waals surface area (Å²) < 4.78 is 32.3. The third-order valence-corrected chi connectivity index (χ3v) is 3.23. The first-order chi connectivity index (χ1) is 10.1. The highest BCUT2D eigenvalue weighted by Gasteiger charge is 2.14. The van der Waals surface area contributed by atoms with Gasteiger partial charge in [0.15, 0.2) is 0 Å². The van der Waals surface area contributed by atoms with Crippen LogP contribution in [-0.4, -0.2) is 6.61 Å². The topological polar surface area (TPSA) is 47.3 Å². The zero-order chi connectivity index (χ0) is 15.2. The van der Waals surface area contributed by atoms with Crippen LogP contribution in [0.1, 0.15) is 24.1 Å². The highest BCUT2D eigenvalue weighted by atomic mass is 19.1. The van der Waals surface area contributed by atoms with Crippen LogP contribution in [0.2, 0.25) is 0 Å². The SMILES string of the molecule is CCOc1ccc(C(Cc2cc(F)ccc2F)NN)cc1. The number of nitrogens with one attached hydrogen (secondary N) is 1. The van der Waals surface area contributed by atoms with Gasteiger partial charge in [0.25, 0.3) is 0 Å². The maximum atomic E-state index is 13.7. The second-order valence-corrected chi connectivity index (χ2v) is 4.66. The predicted octanol–water partition coefficient (Wildman–Crippen LogP) is 3.11. The molecular weight excluding hydrogens is 274 g/mol. The Balaban J connectivity index is 2.17. The van der Waals surface area contributed by atoms with Gasteiger partial charge in [-0.1, -0.05) is 12.1 Å². The van der Waals surface area contributed by atoms with Crippen LogP contribution in [0, 0.1) is 11.6 Å². The van der Waals surface area contributed by atoms with Crippen molar-refractivity contribution in [1.29, 1.82) is 0 Å². The summed E-state index contributed by atoms with van der Waals surface area (Å²) in [5.41, 5.74) is 3.80. The molecule has 0 spiro atoms. The van der Waals surface area contributed by atoms with E-state index in [0.29, 0.717) is 6.61 Å². The molecule has 0 bridgehead atoms. The van der Waals surface area contributed by atoms with E-state index in [1.807, 2.05) is 31.2 Å². The Morgan fingerprint density at radius 2 is 1.86 bits per heavy atom. The van der Waals surface area contributed by atoms with E-state index in [-0.39, 0.29) is 18.0 Å². The molecule has 2 rings (SSSR count). The zero-order valence-electron chi connectivity index (χ0n) is 11.8. The molecule has 0 heterocycles. The van der Waals surface area contributed by atoms with Gasteiger partial charge in [0.2, 0.25) is 0 Å². The van der Waals surface area contributed by atoms with Gasteiger partial charge >= 0.3 is 0 Å². The molecule has 1 unspecified atom stereocenters. The molecule has 0 radical (unpaired) electrons. The van der Waals surface area contributed by atoms with E-state index in [1.54, 1.807) is 0 Å². The van der Waals surface area contributed by atoms with Gasteiger partial charge in [-0.15, -0.1) is 0 Å². The van der Waals surface area contributed by atoms with E-state index >= 15 is 0 Å². The van der Waals surface area contributed by atoms with E-state index in [1.165, 1.54) is 6.07 Å². The molecule has 0 amide bonds. The Labute approximate surface area is 122 Å². The van der Waals surface area contributed by atoms with Crippen LogP contribution in [0.4, 0.5) is 8.78 Å². The molecule has 0 aromatic heterocycles. The highest BCUT2D eigenvalue weighted by Crippen LogP contribution is 2.22. The minimum absolute atomic E-state index is 0.258. The Hall–Kier alpha value is -1.98. The van der Waals surface area contributed by atoms with Gasteiger partial charge in [-0.25, -0.2) is 8.78 Å². The van der Waals surface area contributed by atoms with Gasteiger partial charge in [-0.3, -0.25) is 11.3 Å². The number of rotatable bonds is 6. The van der Waals surface area contributed by atoms with E-state index in [0.717, 1.165) is 23.4 Å². The fourth-order valence-corrected chi connectivity index (χ4v) is 2.16. The molecule has 0 saturated heterocycles. The maximum absolute atomic E-state index is 13.7. The molecule has 0 aliphatic carbocycles. The Bertz CT molecular complexity index is 587. The largest absolute Gasteiger partial charge is 0.494 e. The minimum atomic E-state index is -0.464. The van der Waals surface area contributed by atoms with Crippen molar-refractivity contribution in [2.24, 2.45) is 5.84 Å². The number of hydrazine groups is 1. The van der Waals surface area contributed by atoms with Crippen molar-refractivity contribution in [3.05, 3.63) is 65.2 Å². The first-order valence-electron chi connectivity index (χ1n) is 6.77. The standard InChI is InChI=1S/C16H18F2N2O/c1-2-21-14-6-3-11(4-7-14)16(20-19)10-12-9-13(17)5-8-15(12)18/h3-9,16,20H,2,10,19H2,1H3. The Morgan fingerprint density at radius 3 is 2.48 bits per heavy atom. The Kier molecular flexibility index (Phi) is 5.25. The van der Waals surface area contributed by atoms with Crippen LogP contribution in [0.25, 0.3) is 0 Å². The quantitative estimate of drug-likeness (QED) is 0.635. The first kappa shape index (κ1) is 15.4. The number of hydrogen-bond acceptors (Lipinski definition) is 3. The van der Waals surface area contributed by atoms with Gasteiger partial charge in [0.05, 0.1) is 12.6 Å². The number of ether oxygens (including phenoxy) is 1. The molecule has 0 saturated carbocycles. The number of halogens is 2. The number of benzene rings is 2. The van der Waals surface area contributed by atoms with E-state index in [2.05, 4.69) is 5.43 Å². The van der Waals surface area contributed by atoms with Crippen molar-refractivity contribution in [3.63, 3.8) is 0 Å². The number of nitrogens with two attached hydrogens (primary N) is 1. The normalized spacial score (nSPS) is 12.2. The molecule has 5 heteroatoms. The van der Waals surface area contributed by atoms with Crippen LogP contribution in [-0.2, 0) is 6.42 Å². The highest BCUT2D eigenvalue weighted by molar-refractivity contribution is 5.31. The lowest BCUT2D eigenvalue weighted by atomic mass is 9.99. The molecule has 0 aliphatic heterocycles. The maximum Gasteiger partial charge on any atom is 0.126 e. The Morgan fingerprint density at radius 1 is 1.14 bits per heavy atom. The predicted molar refractivity (Wildman–Crippen MR) is 77.7 cm³/mol. The summed E-state index contributed by atoms with van der Waals surface area (Å²) in [5.74, 6) is 5.39. The summed E-state index contributed by atoms with van der Waals surface area (Å²) in [4.78, 5) is 0. The third-order valence-electron chi connectivity index (χ3n) is 3.23. The molecule has 2 aromatic rings. The molecular formula is C16H18F2N2O. The van der Waals surface area contributed by atoms with Crippen molar-refractivity contribution in [1.82, 2.24) is 5.43 Å². The average Bonchev–Trinajstić information content (AvgIpc) is 2.49. The van der Waals surface area contributed by atoms with Gasteiger partial charge in [0, 0.05) is 0 Å². The van der Waals surface area contributed by atoms with Crippen LogP contribution >= 0.6 is 0 Å². The molecule has 3 nitrogen and oxygen atoms in total. The van der Waals surface area contributed by atoms with Gasteiger partial charge < -0.3 is 4.74 Å². The summed E-state index contributed by atoms with van der Waals surface area (Å²) in [7, 11) is 0. The molecule has 2 aromatic carbocycles. The van der Waals surface area contributed by atoms with Crippen molar-refractivity contribution in [2.75, 3.05) is 6.61 Å². The average molecular weight is 292 g/mol. The van der Waals surface area contributed by atoms with Crippen LogP contribution in [0.5, 0.6) is 5.75 Å². The van der Waals surface area contributed by atoms with E-state index < -0.39 is 11.6 Å². The van der Waals surface area contributed by atoms with Crippen molar-refractivity contribution in [2.45, 2.75) is 19.4 Å². The lowest BCUT2D eigenvalue weighted by Gasteiger charge is -2.17. The van der Waals surface area contributed by atoms with Gasteiger partial charge in [0.1, 0.15) is 17.4 Å². The summed E-state index contributed by atoms with van der Waals surface area (Å²) in [5, 5.41) is 0. The van der Waals surface area contributed by atoms with Crippen LogP contribution in [0.15, 0.2) is 42.5 Å². The van der Waals surface area contributed by atoms with Crippen molar-refractivity contribution < 1.29 is 13.5 Å². The molecule has 0 aliphatic rings. The summed E-state index contributed by atoms with van der Waals surface area (Å²) in [6.07, 6.45) is 0.258. The fourth-order valence-electron chi connectivity index (χ4n) is 2.16. The second kappa shape index (κ2) is 7.15. The summed E-state index contributed by atoms with van der Waals surface area (Å²) >= 11 is 0. The van der Waals surface area contributed by atoms with Crippen molar-refractivity contribution >= 4 is 0 Å². The van der Waals surface area contributed by atoms with Crippen LogP contribution < -0.4 is 16.0 Å². The van der Waals surface area contributed by atoms with Gasteiger partial charge in [-0.2, -0.15) is 0 Å². The lowest BCUT2D eigenvalue weighted by Crippen LogP contribution is -2.29. The molecule has 0 fully saturated rings. The second-order valence-electron chi connectivity index (χ2n) is 4.66. The number of hydrogen-bond donors (Lipinski definition) is 2. The van der Waals surface area contributed by atoms with Crippen molar-refractivity contribution in [3.8, 4) is 5.75 Å². The smallest absolute Gasteiger partial charge is 0.126 e. The third kappa shape index (κ3) is 4.00. The van der Waals surface area contributed by atoms with E-state index in [4.69, 9.17) is 10.6 Å². The van der Waals surface area contributed by atoms with Crippen LogP contribution in [0.3, 0.4) is 0 Å². The summed E-state index contributed by atoms with van der Waals surface area (Å²) in [6, 6.07) is 10.5. The minimum Gasteiger partial charge on any atom is -0.494 e. The molecule has 112 valence electrons. The zero-order valence-corrected chi connectivity index (χ0v) is 11.8. The molecule has 21 heavy (non-hydrogen) atoms. The monoisotopic (exact) mass is 292 g/mol.